The topological polar surface area (TPSA) is 26.3 Å². The number of rotatable bonds is 5. The molecule has 2 unspecified atom stereocenters. The van der Waals surface area contributed by atoms with Crippen LogP contribution < -0.4 is 0 Å². The molecule has 0 amide bonds. The summed E-state index contributed by atoms with van der Waals surface area (Å²) in [6.07, 6.45) is 10.4. The van der Waals surface area contributed by atoms with E-state index in [1.165, 1.54) is 38.5 Å². The van der Waals surface area contributed by atoms with E-state index < -0.39 is 0 Å². The molecule has 4 atom stereocenters. The Hall–Kier alpha value is -0.530. The van der Waals surface area contributed by atoms with Gasteiger partial charge in [-0.15, -0.1) is 0 Å². The maximum absolute atomic E-state index is 12.0. The van der Waals surface area contributed by atoms with E-state index in [4.69, 9.17) is 4.74 Å². The van der Waals surface area contributed by atoms with E-state index in [0.29, 0.717) is 12.5 Å². The van der Waals surface area contributed by atoms with E-state index in [0.717, 1.165) is 30.6 Å². The van der Waals surface area contributed by atoms with Gasteiger partial charge in [0.15, 0.2) is 0 Å². The fraction of sp³-hybridized carbons (Fsp3) is 0.947. The van der Waals surface area contributed by atoms with Crippen molar-refractivity contribution < 1.29 is 9.53 Å². The van der Waals surface area contributed by atoms with Crippen LogP contribution in [0, 0.1) is 35.0 Å². The summed E-state index contributed by atoms with van der Waals surface area (Å²) in [6, 6.07) is 0. The fourth-order valence-corrected chi connectivity index (χ4v) is 5.06. The molecule has 3 fully saturated rings. The lowest BCUT2D eigenvalue weighted by molar-refractivity contribution is -0.153. The first-order chi connectivity index (χ1) is 10.0. The molecule has 0 radical (unpaired) electrons. The highest BCUT2D eigenvalue weighted by Gasteiger charge is 2.61. The number of carbonyl (C=O) groups is 1. The van der Waals surface area contributed by atoms with Crippen LogP contribution in [0.1, 0.15) is 72.1 Å². The van der Waals surface area contributed by atoms with E-state index >= 15 is 0 Å². The number of ether oxygens (including phenoxy) is 1. The summed E-state index contributed by atoms with van der Waals surface area (Å²) in [5.41, 5.74) is 0.246. The normalized spacial score (nSPS) is 38.6. The second-order valence-electron chi connectivity index (χ2n) is 8.31. The van der Waals surface area contributed by atoms with Crippen LogP contribution in [-0.4, -0.2) is 12.6 Å². The number of hydrogen-bond acceptors (Lipinski definition) is 2. The zero-order valence-electron chi connectivity index (χ0n) is 14.1. The third-order valence-corrected chi connectivity index (χ3v) is 7.16. The largest absolute Gasteiger partial charge is 0.465 e. The van der Waals surface area contributed by atoms with Gasteiger partial charge in [-0.25, -0.2) is 0 Å². The van der Waals surface area contributed by atoms with Gasteiger partial charge in [0.05, 0.1) is 12.5 Å². The summed E-state index contributed by atoms with van der Waals surface area (Å²) >= 11 is 0. The van der Waals surface area contributed by atoms with Gasteiger partial charge in [-0.2, -0.15) is 0 Å². The summed E-state index contributed by atoms with van der Waals surface area (Å²) in [5, 5.41) is 0. The highest BCUT2D eigenvalue weighted by molar-refractivity contribution is 5.73. The highest BCUT2D eigenvalue weighted by atomic mass is 16.5. The summed E-state index contributed by atoms with van der Waals surface area (Å²) in [7, 11) is 0. The zero-order valence-corrected chi connectivity index (χ0v) is 14.1. The van der Waals surface area contributed by atoms with Crippen molar-refractivity contribution in [3.8, 4) is 0 Å². The first-order valence-corrected chi connectivity index (χ1v) is 9.20. The number of esters is 1. The molecule has 0 aromatic heterocycles. The maximum Gasteiger partial charge on any atom is 0.308 e. The zero-order chi connectivity index (χ0) is 15.0. The van der Waals surface area contributed by atoms with Crippen LogP contribution in [0.3, 0.4) is 0 Å². The van der Waals surface area contributed by atoms with E-state index in [1.54, 1.807) is 0 Å². The minimum atomic E-state index is 0.0747. The first kappa shape index (κ1) is 15.4. The Bertz CT molecular complexity index is 381. The highest BCUT2D eigenvalue weighted by Crippen LogP contribution is 2.64. The smallest absolute Gasteiger partial charge is 0.308 e. The van der Waals surface area contributed by atoms with Gasteiger partial charge in [0.1, 0.15) is 0 Å². The molecule has 0 saturated heterocycles. The molecule has 3 aliphatic rings. The lowest BCUT2D eigenvalue weighted by atomic mass is 9.77. The van der Waals surface area contributed by atoms with Crippen molar-refractivity contribution in [2.45, 2.75) is 72.1 Å². The van der Waals surface area contributed by atoms with Crippen LogP contribution in [-0.2, 0) is 9.53 Å². The minimum Gasteiger partial charge on any atom is -0.465 e. The summed E-state index contributed by atoms with van der Waals surface area (Å²) in [6.45, 7) is 7.82. The molecule has 21 heavy (non-hydrogen) atoms. The molecule has 120 valence electrons. The Balaban J connectivity index is 1.51. The first-order valence-electron chi connectivity index (χ1n) is 9.20. The second kappa shape index (κ2) is 5.93. The fourth-order valence-electron chi connectivity index (χ4n) is 5.06. The van der Waals surface area contributed by atoms with Crippen LogP contribution in [0.4, 0.5) is 0 Å². The maximum atomic E-state index is 12.0. The Labute approximate surface area is 130 Å². The molecule has 2 nitrogen and oxygen atoms in total. The lowest BCUT2D eigenvalue weighted by Crippen LogP contribution is -2.27. The van der Waals surface area contributed by atoms with Crippen LogP contribution in [0.25, 0.3) is 0 Å². The van der Waals surface area contributed by atoms with E-state index in [2.05, 4.69) is 20.8 Å². The molecule has 0 bridgehead atoms. The van der Waals surface area contributed by atoms with E-state index in [9.17, 15) is 4.79 Å². The lowest BCUT2D eigenvalue weighted by Gasteiger charge is -2.29. The van der Waals surface area contributed by atoms with E-state index in [1.807, 2.05) is 0 Å². The summed E-state index contributed by atoms with van der Waals surface area (Å²) in [5.74, 6) is 3.48. The molecule has 0 aromatic rings. The van der Waals surface area contributed by atoms with Gasteiger partial charge in [0.25, 0.3) is 0 Å². The molecule has 3 aliphatic carbocycles. The molecule has 2 heteroatoms. The number of hydrogen-bond donors (Lipinski definition) is 0. The van der Waals surface area contributed by atoms with Crippen molar-refractivity contribution in [3.05, 3.63) is 0 Å². The number of carbonyl (C=O) groups excluding carboxylic acids is 1. The monoisotopic (exact) mass is 292 g/mol. The molecule has 0 aromatic carbocycles. The molecule has 0 N–H and O–H groups in total. The van der Waals surface area contributed by atoms with Crippen LogP contribution in [0.5, 0.6) is 0 Å². The van der Waals surface area contributed by atoms with Crippen LogP contribution in [0.15, 0.2) is 0 Å². The van der Waals surface area contributed by atoms with Gasteiger partial charge in [-0.05, 0) is 36.5 Å². The molecule has 0 aliphatic heterocycles. The second-order valence-corrected chi connectivity index (χ2v) is 8.31. The van der Waals surface area contributed by atoms with Gasteiger partial charge >= 0.3 is 5.97 Å². The van der Waals surface area contributed by atoms with Crippen molar-refractivity contribution in [1.82, 2.24) is 0 Å². The van der Waals surface area contributed by atoms with Gasteiger partial charge in [0.2, 0.25) is 0 Å². The third-order valence-electron chi connectivity index (χ3n) is 7.16. The average Bonchev–Trinajstić information content (AvgIpc) is 2.97. The summed E-state index contributed by atoms with van der Waals surface area (Å²) < 4.78 is 5.67. The molecule has 0 heterocycles. The summed E-state index contributed by atoms with van der Waals surface area (Å²) in [4.78, 5) is 12.0. The van der Waals surface area contributed by atoms with Crippen molar-refractivity contribution >= 4 is 5.97 Å². The van der Waals surface area contributed by atoms with Gasteiger partial charge in [-0.1, -0.05) is 59.3 Å². The van der Waals surface area contributed by atoms with Gasteiger partial charge in [0, 0.05) is 5.41 Å². The standard InChI is InChI=1S/C19H32O2/c1-13(15-8-5-4-6-9-15)17-14(2)19(17,3)12-21-18(20)16-10-7-11-16/h13-17H,4-12H2,1-3H3/t13-,14?,17?,19+/m0/s1. The Morgan fingerprint density at radius 2 is 1.81 bits per heavy atom. The predicted octanol–water partition coefficient (Wildman–Crippen LogP) is 4.82. The average molecular weight is 292 g/mol. The van der Waals surface area contributed by atoms with E-state index in [-0.39, 0.29) is 17.3 Å². The van der Waals surface area contributed by atoms with Crippen molar-refractivity contribution in [3.63, 3.8) is 0 Å². The molecular formula is C19H32O2. The van der Waals surface area contributed by atoms with Gasteiger partial charge < -0.3 is 4.74 Å². The molecule has 3 rings (SSSR count). The van der Waals surface area contributed by atoms with Gasteiger partial charge in [-0.3, -0.25) is 4.79 Å². The Kier molecular flexibility index (Phi) is 4.34. The Morgan fingerprint density at radius 1 is 1.14 bits per heavy atom. The van der Waals surface area contributed by atoms with Crippen LogP contribution >= 0.6 is 0 Å². The van der Waals surface area contributed by atoms with Crippen molar-refractivity contribution in [2.24, 2.45) is 35.0 Å². The molecule has 0 spiro atoms. The Morgan fingerprint density at radius 3 is 2.38 bits per heavy atom. The van der Waals surface area contributed by atoms with Crippen molar-refractivity contribution in [2.75, 3.05) is 6.61 Å². The van der Waals surface area contributed by atoms with Crippen molar-refractivity contribution in [1.29, 1.82) is 0 Å². The minimum absolute atomic E-state index is 0.0747. The third kappa shape index (κ3) is 2.87. The SMILES string of the molecule is CC1C([C@@H](C)C2CCCCC2)[C@]1(C)COC(=O)C1CCC1. The molecular weight excluding hydrogens is 260 g/mol. The van der Waals surface area contributed by atoms with Crippen LogP contribution in [0.2, 0.25) is 0 Å². The predicted molar refractivity (Wildman–Crippen MR) is 84.8 cm³/mol. The quantitative estimate of drug-likeness (QED) is 0.679. The molecule has 3 saturated carbocycles.